The van der Waals surface area contributed by atoms with E-state index >= 15 is 0 Å². The topological polar surface area (TPSA) is 3.24 Å². The van der Waals surface area contributed by atoms with Crippen molar-refractivity contribution in [3.8, 4) is 0 Å². The zero-order chi connectivity index (χ0) is 9.80. The molecule has 1 fully saturated rings. The van der Waals surface area contributed by atoms with Gasteiger partial charge in [-0.25, -0.2) is 0 Å². The van der Waals surface area contributed by atoms with E-state index in [1.54, 1.807) is 11.8 Å². The van der Waals surface area contributed by atoms with Crippen molar-refractivity contribution >= 4 is 29.9 Å². The maximum absolute atomic E-state index is 2.49. The first-order valence-electron chi connectivity index (χ1n) is 5.29. The summed E-state index contributed by atoms with van der Waals surface area (Å²) in [5, 5.41) is 0. The van der Waals surface area contributed by atoms with Crippen molar-refractivity contribution in [1.82, 2.24) is 0 Å². The lowest BCUT2D eigenvalue weighted by Gasteiger charge is -2.28. The van der Waals surface area contributed by atoms with Crippen LogP contribution in [0.3, 0.4) is 0 Å². The molecular weight excluding hydrogens is 226 g/mol. The molecule has 0 aromatic heterocycles. The summed E-state index contributed by atoms with van der Waals surface area (Å²) in [5.74, 6) is 0. The molecule has 1 nitrogen and oxygen atoms in total. The number of rotatable bonds is 2. The Kier molecular flexibility index (Phi) is 5.34. The van der Waals surface area contributed by atoms with Gasteiger partial charge < -0.3 is 4.90 Å². The third-order valence-corrected chi connectivity index (χ3v) is 3.54. The molecule has 0 saturated carbocycles. The zero-order valence-electron chi connectivity index (χ0n) is 9.11. The van der Waals surface area contributed by atoms with Crippen LogP contribution in [0.2, 0.25) is 0 Å². The van der Waals surface area contributed by atoms with Crippen LogP contribution in [0.4, 0.5) is 5.69 Å². The molecule has 1 aromatic carbocycles. The number of anilines is 1. The maximum Gasteiger partial charge on any atom is 0.0366 e. The van der Waals surface area contributed by atoms with Crippen molar-refractivity contribution in [1.29, 1.82) is 0 Å². The van der Waals surface area contributed by atoms with Crippen molar-refractivity contribution in [3.05, 3.63) is 24.3 Å². The fraction of sp³-hybridized carbons (Fsp3) is 0.500. The van der Waals surface area contributed by atoms with Crippen LogP contribution in [-0.2, 0) is 0 Å². The molecule has 15 heavy (non-hydrogen) atoms. The summed E-state index contributed by atoms with van der Waals surface area (Å²) in [6.45, 7) is 2.47. The molecule has 2 rings (SSSR count). The van der Waals surface area contributed by atoms with Gasteiger partial charge in [0, 0.05) is 23.7 Å². The zero-order valence-corrected chi connectivity index (χ0v) is 10.7. The molecule has 1 aliphatic rings. The van der Waals surface area contributed by atoms with E-state index in [0.29, 0.717) is 0 Å². The summed E-state index contributed by atoms with van der Waals surface area (Å²) >= 11 is 1.81. The third kappa shape index (κ3) is 3.32. The third-order valence-electron chi connectivity index (χ3n) is 2.79. The second kappa shape index (κ2) is 6.29. The minimum absolute atomic E-state index is 0. The average molecular weight is 244 g/mol. The van der Waals surface area contributed by atoms with E-state index in [2.05, 4.69) is 35.4 Å². The number of benzene rings is 1. The van der Waals surface area contributed by atoms with E-state index in [-0.39, 0.29) is 12.4 Å². The Hall–Kier alpha value is -0.340. The molecule has 3 heteroatoms. The Bertz CT molecular complexity index is 280. The predicted octanol–water partition coefficient (Wildman–Crippen LogP) is 3.82. The fourth-order valence-corrected chi connectivity index (χ4v) is 2.35. The van der Waals surface area contributed by atoms with Crippen molar-refractivity contribution in [2.75, 3.05) is 24.2 Å². The van der Waals surface area contributed by atoms with Gasteiger partial charge in [-0.1, -0.05) is 0 Å². The Morgan fingerprint density at radius 1 is 1.00 bits per heavy atom. The lowest BCUT2D eigenvalue weighted by molar-refractivity contribution is 0.578. The standard InChI is InChI=1S/C12H17NS.ClH/c1-14-12-7-5-11(6-8-12)13-9-3-2-4-10-13;/h5-8H,2-4,9-10H2,1H3;1H. The molecule has 1 aliphatic heterocycles. The van der Waals surface area contributed by atoms with Crippen molar-refractivity contribution in [3.63, 3.8) is 0 Å². The second-order valence-electron chi connectivity index (χ2n) is 3.75. The van der Waals surface area contributed by atoms with Gasteiger partial charge in [0.1, 0.15) is 0 Å². The van der Waals surface area contributed by atoms with E-state index in [4.69, 9.17) is 0 Å². The number of halogens is 1. The van der Waals surface area contributed by atoms with Gasteiger partial charge in [-0.3, -0.25) is 0 Å². The average Bonchev–Trinajstić information content (AvgIpc) is 2.30. The molecule has 0 radical (unpaired) electrons. The molecule has 1 heterocycles. The van der Waals surface area contributed by atoms with Gasteiger partial charge in [0.25, 0.3) is 0 Å². The Labute approximate surface area is 103 Å². The van der Waals surface area contributed by atoms with E-state index < -0.39 is 0 Å². The molecule has 0 amide bonds. The highest BCUT2D eigenvalue weighted by molar-refractivity contribution is 7.98. The van der Waals surface area contributed by atoms with Gasteiger partial charge in [-0.05, 0) is 49.8 Å². The molecule has 0 N–H and O–H groups in total. The Balaban J connectivity index is 0.00000112. The van der Waals surface area contributed by atoms with Crippen LogP contribution >= 0.6 is 24.2 Å². The van der Waals surface area contributed by atoms with E-state index in [1.807, 2.05) is 0 Å². The number of hydrogen-bond acceptors (Lipinski definition) is 2. The summed E-state index contributed by atoms with van der Waals surface area (Å²) < 4.78 is 0. The van der Waals surface area contributed by atoms with E-state index in [1.165, 1.54) is 42.9 Å². The number of hydrogen-bond donors (Lipinski definition) is 0. The first kappa shape index (κ1) is 12.7. The van der Waals surface area contributed by atoms with Crippen LogP contribution < -0.4 is 4.90 Å². The lowest BCUT2D eigenvalue weighted by atomic mass is 10.1. The molecule has 1 aromatic rings. The van der Waals surface area contributed by atoms with Gasteiger partial charge in [0.15, 0.2) is 0 Å². The quantitative estimate of drug-likeness (QED) is 0.727. The molecule has 1 saturated heterocycles. The highest BCUT2D eigenvalue weighted by Crippen LogP contribution is 2.23. The van der Waals surface area contributed by atoms with Gasteiger partial charge in [-0.2, -0.15) is 0 Å². The van der Waals surface area contributed by atoms with Crippen LogP contribution in [0.25, 0.3) is 0 Å². The highest BCUT2D eigenvalue weighted by atomic mass is 35.5. The summed E-state index contributed by atoms with van der Waals surface area (Å²) in [6.07, 6.45) is 6.23. The van der Waals surface area contributed by atoms with E-state index in [9.17, 15) is 0 Å². The lowest BCUT2D eigenvalue weighted by Crippen LogP contribution is -2.29. The number of thioether (sulfide) groups is 1. The van der Waals surface area contributed by atoms with Gasteiger partial charge >= 0.3 is 0 Å². The molecule has 84 valence electrons. The number of nitrogens with zero attached hydrogens (tertiary/aromatic N) is 1. The minimum atomic E-state index is 0. The molecule has 0 atom stereocenters. The maximum atomic E-state index is 2.49. The fourth-order valence-electron chi connectivity index (χ4n) is 1.95. The van der Waals surface area contributed by atoms with Crippen LogP contribution in [0.15, 0.2) is 29.2 Å². The molecule has 0 bridgehead atoms. The molecular formula is C12H18ClNS. The first-order valence-corrected chi connectivity index (χ1v) is 6.51. The monoisotopic (exact) mass is 243 g/mol. The first-order chi connectivity index (χ1) is 6.90. The van der Waals surface area contributed by atoms with Crippen LogP contribution in [0, 0.1) is 0 Å². The Morgan fingerprint density at radius 3 is 2.13 bits per heavy atom. The largest absolute Gasteiger partial charge is 0.372 e. The molecule has 0 aliphatic carbocycles. The van der Waals surface area contributed by atoms with Crippen molar-refractivity contribution in [2.45, 2.75) is 24.2 Å². The summed E-state index contributed by atoms with van der Waals surface area (Å²) in [5.41, 5.74) is 1.39. The normalized spacial score (nSPS) is 15.9. The molecule has 0 unspecified atom stereocenters. The van der Waals surface area contributed by atoms with Gasteiger partial charge in [0.05, 0.1) is 0 Å². The van der Waals surface area contributed by atoms with Crippen molar-refractivity contribution in [2.24, 2.45) is 0 Å². The Morgan fingerprint density at radius 2 is 1.60 bits per heavy atom. The SMILES string of the molecule is CSc1ccc(N2CCCCC2)cc1.Cl. The van der Waals surface area contributed by atoms with Gasteiger partial charge in [-0.15, -0.1) is 24.2 Å². The van der Waals surface area contributed by atoms with Crippen LogP contribution in [0.5, 0.6) is 0 Å². The second-order valence-corrected chi connectivity index (χ2v) is 4.63. The van der Waals surface area contributed by atoms with Gasteiger partial charge in [0.2, 0.25) is 0 Å². The number of piperidine rings is 1. The highest BCUT2D eigenvalue weighted by Gasteiger charge is 2.09. The van der Waals surface area contributed by atoms with Crippen LogP contribution in [0.1, 0.15) is 19.3 Å². The summed E-state index contributed by atoms with van der Waals surface area (Å²) in [6, 6.07) is 8.93. The minimum Gasteiger partial charge on any atom is -0.372 e. The van der Waals surface area contributed by atoms with Crippen LogP contribution in [-0.4, -0.2) is 19.3 Å². The molecule has 0 spiro atoms. The smallest absolute Gasteiger partial charge is 0.0366 e. The van der Waals surface area contributed by atoms with E-state index in [0.717, 1.165) is 0 Å². The summed E-state index contributed by atoms with van der Waals surface area (Å²) in [7, 11) is 0. The summed E-state index contributed by atoms with van der Waals surface area (Å²) in [4.78, 5) is 3.85. The van der Waals surface area contributed by atoms with Crippen molar-refractivity contribution < 1.29 is 0 Å². The predicted molar refractivity (Wildman–Crippen MR) is 71.5 cm³/mol.